The van der Waals surface area contributed by atoms with E-state index in [0.29, 0.717) is 13.2 Å². The van der Waals surface area contributed by atoms with Crippen molar-refractivity contribution in [2.24, 2.45) is 0 Å². The fraction of sp³-hybridized carbons (Fsp3) is 0.300. The number of carbonyl (C=O) groups is 2. The van der Waals surface area contributed by atoms with Crippen molar-refractivity contribution in [1.82, 2.24) is 0 Å². The number of anilines is 2. The summed E-state index contributed by atoms with van der Waals surface area (Å²) in [5.74, 6) is -0.257. The van der Waals surface area contributed by atoms with E-state index >= 15 is 0 Å². The first-order valence-electron chi connectivity index (χ1n) is 8.49. The van der Waals surface area contributed by atoms with Crippen LogP contribution in [0.2, 0.25) is 0 Å². The molecule has 0 aromatic heterocycles. The molecule has 0 bridgehead atoms. The summed E-state index contributed by atoms with van der Waals surface area (Å²) in [5.41, 5.74) is 3.75. The standard InChI is InChI=1S/C20H22N2O3/c1-3-25-20(24)19(15-7-5-4-6-8-15)21-17-9-10-18-16(13-17)11-12-22(18)14(2)23/h4-10,13,19,21H,3,11-12H2,1-2H3/t19-/m0/s1. The number of rotatable bonds is 5. The molecule has 2 aromatic rings. The van der Waals surface area contributed by atoms with Crippen molar-refractivity contribution < 1.29 is 14.3 Å². The van der Waals surface area contributed by atoms with E-state index in [4.69, 9.17) is 4.74 Å². The van der Waals surface area contributed by atoms with Crippen LogP contribution in [0.5, 0.6) is 0 Å². The number of carbonyl (C=O) groups excluding carboxylic acids is 2. The van der Waals surface area contributed by atoms with E-state index in [1.165, 1.54) is 0 Å². The zero-order valence-corrected chi connectivity index (χ0v) is 14.5. The minimum atomic E-state index is -0.565. The lowest BCUT2D eigenvalue weighted by molar-refractivity contribution is -0.144. The number of hydrogen-bond donors (Lipinski definition) is 1. The topological polar surface area (TPSA) is 58.6 Å². The molecular formula is C20H22N2O3. The summed E-state index contributed by atoms with van der Waals surface area (Å²) in [6.07, 6.45) is 0.819. The quantitative estimate of drug-likeness (QED) is 0.850. The summed E-state index contributed by atoms with van der Waals surface area (Å²) in [5, 5.41) is 3.28. The van der Waals surface area contributed by atoms with Crippen molar-refractivity contribution in [3.05, 3.63) is 59.7 Å². The maximum absolute atomic E-state index is 12.4. The maximum atomic E-state index is 12.4. The average molecular weight is 338 g/mol. The normalized spacial score (nSPS) is 13.9. The summed E-state index contributed by atoms with van der Waals surface area (Å²) < 4.78 is 5.22. The Morgan fingerprint density at radius 1 is 1.20 bits per heavy atom. The van der Waals surface area contributed by atoms with Crippen molar-refractivity contribution in [3.8, 4) is 0 Å². The molecular weight excluding hydrogens is 316 g/mol. The molecule has 5 nitrogen and oxygen atoms in total. The van der Waals surface area contributed by atoms with Gasteiger partial charge in [-0.1, -0.05) is 30.3 Å². The number of nitrogens with one attached hydrogen (secondary N) is 1. The molecule has 25 heavy (non-hydrogen) atoms. The van der Waals surface area contributed by atoms with Crippen LogP contribution in [0, 0.1) is 0 Å². The van der Waals surface area contributed by atoms with Gasteiger partial charge in [-0.05, 0) is 42.7 Å². The lowest BCUT2D eigenvalue weighted by atomic mass is 10.1. The number of hydrogen-bond acceptors (Lipinski definition) is 4. The Hall–Kier alpha value is -2.82. The number of fused-ring (bicyclic) bond motifs is 1. The van der Waals surface area contributed by atoms with Crippen molar-refractivity contribution in [2.45, 2.75) is 26.3 Å². The average Bonchev–Trinajstić information content (AvgIpc) is 3.04. The number of amides is 1. The van der Waals surface area contributed by atoms with Gasteiger partial charge in [-0.15, -0.1) is 0 Å². The smallest absolute Gasteiger partial charge is 0.333 e. The van der Waals surface area contributed by atoms with E-state index < -0.39 is 6.04 Å². The molecule has 130 valence electrons. The summed E-state index contributed by atoms with van der Waals surface area (Å²) in [6, 6.07) is 14.8. The molecule has 5 heteroatoms. The van der Waals surface area contributed by atoms with Crippen LogP contribution in [0.1, 0.15) is 31.0 Å². The molecule has 1 atom stereocenters. The van der Waals surface area contributed by atoms with Crippen molar-refractivity contribution in [3.63, 3.8) is 0 Å². The fourth-order valence-electron chi connectivity index (χ4n) is 3.13. The van der Waals surface area contributed by atoms with E-state index in [2.05, 4.69) is 5.32 Å². The van der Waals surface area contributed by atoms with Gasteiger partial charge in [0.05, 0.1) is 6.61 Å². The number of benzene rings is 2. The second-order valence-corrected chi connectivity index (χ2v) is 6.00. The van der Waals surface area contributed by atoms with E-state index in [9.17, 15) is 9.59 Å². The molecule has 0 spiro atoms. The molecule has 0 saturated heterocycles. The van der Waals surface area contributed by atoms with Gasteiger partial charge in [-0.25, -0.2) is 4.79 Å². The first-order chi connectivity index (χ1) is 12.1. The third kappa shape index (κ3) is 3.65. The van der Waals surface area contributed by atoms with Crippen LogP contribution in [0.4, 0.5) is 11.4 Å². The summed E-state index contributed by atoms with van der Waals surface area (Å²) in [6.45, 7) is 4.41. The lowest BCUT2D eigenvalue weighted by Crippen LogP contribution is -2.25. The van der Waals surface area contributed by atoms with Gasteiger partial charge >= 0.3 is 5.97 Å². The van der Waals surface area contributed by atoms with Crippen LogP contribution < -0.4 is 10.2 Å². The zero-order chi connectivity index (χ0) is 17.8. The van der Waals surface area contributed by atoms with Crippen molar-refractivity contribution in [1.29, 1.82) is 0 Å². The SMILES string of the molecule is CCOC(=O)[C@@H](Nc1ccc2c(c1)CCN2C(C)=O)c1ccccc1. The highest BCUT2D eigenvalue weighted by Gasteiger charge is 2.25. The molecule has 1 aliphatic rings. The highest BCUT2D eigenvalue weighted by Crippen LogP contribution is 2.32. The second-order valence-electron chi connectivity index (χ2n) is 6.00. The Kier molecular flexibility index (Phi) is 5.03. The molecule has 0 fully saturated rings. The van der Waals surface area contributed by atoms with Crippen LogP contribution in [0.15, 0.2) is 48.5 Å². The van der Waals surface area contributed by atoms with E-state index in [1.807, 2.05) is 48.5 Å². The van der Waals surface area contributed by atoms with Crippen LogP contribution in [0.25, 0.3) is 0 Å². The monoisotopic (exact) mass is 338 g/mol. The van der Waals surface area contributed by atoms with Crippen LogP contribution >= 0.6 is 0 Å². The Labute approximate surface area is 147 Å². The van der Waals surface area contributed by atoms with Gasteiger partial charge in [0.1, 0.15) is 0 Å². The van der Waals surface area contributed by atoms with E-state index in [1.54, 1.807) is 18.7 Å². The van der Waals surface area contributed by atoms with Gasteiger partial charge in [-0.3, -0.25) is 4.79 Å². The maximum Gasteiger partial charge on any atom is 0.333 e. The van der Waals surface area contributed by atoms with Gasteiger partial charge in [0, 0.05) is 24.8 Å². The second kappa shape index (κ2) is 7.38. The molecule has 1 amide bonds. The van der Waals surface area contributed by atoms with Crippen LogP contribution in [-0.4, -0.2) is 25.0 Å². The molecule has 2 aromatic carbocycles. The Balaban J connectivity index is 1.85. The molecule has 1 N–H and O–H groups in total. The number of esters is 1. The molecule has 1 aliphatic heterocycles. The fourth-order valence-corrected chi connectivity index (χ4v) is 3.13. The highest BCUT2D eigenvalue weighted by atomic mass is 16.5. The van der Waals surface area contributed by atoms with Crippen molar-refractivity contribution in [2.75, 3.05) is 23.4 Å². The van der Waals surface area contributed by atoms with E-state index in [0.717, 1.165) is 28.9 Å². The third-order valence-electron chi connectivity index (χ3n) is 4.32. The number of nitrogens with zero attached hydrogens (tertiary/aromatic N) is 1. The first-order valence-corrected chi connectivity index (χ1v) is 8.49. The predicted molar refractivity (Wildman–Crippen MR) is 97.6 cm³/mol. The largest absolute Gasteiger partial charge is 0.464 e. The molecule has 1 heterocycles. The lowest BCUT2D eigenvalue weighted by Gasteiger charge is -2.20. The Morgan fingerprint density at radius 3 is 2.64 bits per heavy atom. The third-order valence-corrected chi connectivity index (χ3v) is 4.32. The van der Waals surface area contributed by atoms with Gasteiger partial charge in [0.25, 0.3) is 0 Å². The first kappa shape index (κ1) is 17.0. The van der Waals surface area contributed by atoms with Gasteiger partial charge in [0.15, 0.2) is 6.04 Å². The van der Waals surface area contributed by atoms with Crippen molar-refractivity contribution >= 4 is 23.3 Å². The van der Waals surface area contributed by atoms with Gasteiger partial charge < -0.3 is 15.0 Å². The van der Waals surface area contributed by atoms with Gasteiger partial charge in [0.2, 0.25) is 5.91 Å². The number of ether oxygens (including phenoxy) is 1. The molecule has 3 rings (SSSR count). The summed E-state index contributed by atoms with van der Waals surface area (Å²) >= 11 is 0. The van der Waals surface area contributed by atoms with E-state index in [-0.39, 0.29) is 11.9 Å². The minimum absolute atomic E-state index is 0.0492. The van der Waals surface area contributed by atoms with Crippen LogP contribution in [-0.2, 0) is 20.7 Å². The van der Waals surface area contributed by atoms with Gasteiger partial charge in [-0.2, -0.15) is 0 Å². The summed E-state index contributed by atoms with van der Waals surface area (Å²) in [7, 11) is 0. The zero-order valence-electron chi connectivity index (χ0n) is 14.5. The molecule has 0 aliphatic carbocycles. The van der Waals surface area contributed by atoms with Crippen LogP contribution in [0.3, 0.4) is 0 Å². The Bertz CT molecular complexity index is 774. The predicted octanol–water partition coefficient (Wildman–Crippen LogP) is 3.31. The molecule has 0 radical (unpaired) electrons. The molecule has 0 saturated carbocycles. The Morgan fingerprint density at radius 2 is 1.96 bits per heavy atom. The molecule has 0 unspecified atom stereocenters. The summed E-state index contributed by atoms with van der Waals surface area (Å²) in [4.78, 5) is 25.8. The minimum Gasteiger partial charge on any atom is -0.464 e. The highest BCUT2D eigenvalue weighted by molar-refractivity contribution is 5.94.